The third-order valence-electron chi connectivity index (χ3n) is 7.66. The zero-order valence-corrected chi connectivity index (χ0v) is 18.6. The molecule has 5 rings (SSSR count). The highest BCUT2D eigenvalue weighted by Gasteiger charge is 2.65. The highest BCUT2D eigenvalue weighted by atomic mass is 16.5. The highest BCUT2D eigenvalue weighted by Crippen LogP contribution is 2.60. The van der Waals surface area contributed by atoms with Gasteiger partial charge in [0.25, 0.3) is 0 Å². The summed E-state index contributed by atoms with van der Waals surface area (Å²) in [5.74, 6) is 1.32. The molecule has 6 heteroatoms. The number of hydrogen-bond donors (Lipinski definition) is 1. The fraction of sp³-hybridized carbons (Fsp3) is 0.462. The van der Waals surface area contributed by atoms with Crippen LogP contribution in [0.25, 0.3) is 0 Å². The van der Waals surface area contributed by atoms with E-state index in [-0.39, 0.29) is 29.6 Å². The van der Waals surface area contributed by atoms with Crippen molar-refractivity contribution in [2.45, 2.75) is 56.8 Å². The van der Waals surface area contributed by atoms with E-state index in [0.717, 1.165) is 54.5 Å². The van der Waals surface area contributed by atoms with Crippen LogP contribution in [0.4, 0.5) is 0 Å². The summed E-state index contributed by atoms with van der Waals surface area (Å²) >= 11 is 0. The van der Waals surface area contributed by atoms with Gasteiger partial charge in [-0.1, -0.05) is 18.2 Å². The van der Waals surface area contributed by atoms with Crippen molar-refractivity contribution in [1.82, 2.24) is 5.32 Å². The Morgan fingerprint density at radius 2 is 1.72 bits per heavy atom. The van der Waals surface area contributed by atoms with E-state index in [2.05, 4.69) is 11.4 Å². The van der Waals surface area contributed by atoms with Gasteiger partial charge in [0.15, 0.2) is 5.78 Å². The lowest BCUT2D eigenvalue weighted by Gasteiger charge is -2.47. The Kier molecular flexibility index (Phi) is 5.20. The third-order valence-corrected chi connectivity index (χ3v) is 7.66. The Morgan fingerprint density at radius 1 is 1.00 bits per heavy atom. The molecule has 1 unspecified atom stereocenters. The molecule has 2 spiro atoms. The van der Waals surface area contributed by atoms with Gasteiger partial charge >= 0.3 is 0 Å². The minimum Gasteiger partial charge on any atom is -0.497 e. The molecule has 0 radical (unpaired) electrons. The molecule has 1 heterocycles. The van der Waals surface area contributed by atoms with Gasteiger partial charge < -0.3 is 19.5 Å². The first-order valence-electron chi connectivity index (χ1n) is 11.3. The van der Waals surface area contributed by atoms with E-state index in [1.165, 1.54) is 0 Å². The van der Waals surface area contributed by atoms with Crippen molar-refractivity contribution in [2.75, 3.05) is 14.2 Å². The van der Waals surface area contributed by atoms with Crippen LogP contribution in [0, 0.1) is 5.41 Å². The molecule has 1 saturated carbocycles. The smallest absolute Gasteiger partial charge is 0.228 e. The van der Waals surface area contributed by atoms with Gasteiger partial charge in [-0.05, 0) is 73.1 Å². The largest absolute Gasteiger partial charge is 0.497 e. The number of carbonyl (C=O) groups is 2. The molecule has 0 bridgehead atoms. The van der Waals surface area contributed by atoms with Crippen molar-refractivity contribution >= 4 is 11.7 Å². The van der Waals surface area contributed by atoms with Gasteiger partial charge in [0.2, 0.25) is 5.91 Å². The first kappa shape index (κ1) is 21.0. The van der Waals surface area contributed by atoms with Gasteiger partial charge in [0.05, 0.1) is 19.6 Å². The Morgan fingerprint density at radius 3 is 2.34 bits per heavy atom. The fourth-order valence-electron chi connectivity index (χ4n) is 6.00. The number of carbonyl (C=O) groups excluding carboxylic acids is 2. The van der Waals surface area contributed by atoms with E-state index < -0.39 is 5.54 Å². The molecule has 168 valence electrons. The van der Waals surface area contributed by atoms with Crippen molar-refractivity contribution < 1.29 is 23.8 Å². The molecular weight excluding hydrogens is 406 g/mol. The van der Waals surface area contributed by atoms with E-state index in [1.807, 2.05) is 36.4 Å². The van der Waals surface area contributed by atoms with Crippen molar-refractivity contribution in [2.24, 2.45) is 5.41 Å². The van der Waals surface area contributed by atoms with E-state index >= 15 is 0 Å². The SMILES string of the molecule is COc1ccc(COc2ccc3c(c2)C2(NC(=O)CC2=O)C2(CCC(OC)CC2)C3)cc1. The maximum absolute atomic E-state index is 13.4. The molecule has 2 aromatic rings. The van der Waals surface area contributed by atoms with E-state index in [0.29, 0.717) is 12.4 Å². The molecule has 0 aromatic heterocycles. The summed E-state index contributed by atoms with van der Waals surface area (Å²) < 4.78 is 16.9. The van der Waals surface area contributed by atoms with E-state index in [9.17, 15) is 9.59 Å². The predicted octanol–water partition coefficient (Wildman–Crippen LogP) is 3.69. The van der Waals surface area contributed by atoms with Crippen LogP contribution in [-0.4, -0.2) is 32.0 Å². The summed E-state index contributed by atoms with van der Waals surface area (Å²) in [5, 5.41) is 3.14. The molecule has 32 heavy (non-hydrogen) atoms. The molecule has 1 N–H and O–H groups in total. The Labute approximate surface area is 188 Å². The summed E-state index contributed by atoms with van der Waals surface area (Å²) in [6.07, 6.45) is 4.47. The molecule has 1 aliphatic heterocycles. The number of nitrogens with one attached hydrogen (secondary N) is 1. The van der Waals surface area contributed by atoms with Gasteiger partial charge in [-0.3, -0.25) is 9.59 Å². The Hall–Kier alpha value is -2.86. The van der Waals surface area contributed by atoms with Crippen LogP contribution in [-0.2, 0) is 32.9 Å². The second-order valence-corrected chi connectivity index (χ2v) is 9.25. The molecule has 1 atom stereocenters. The molecule has 6 nitrogen and oxygen atoms in total. The second-order valence-electron chi connectivity index (χ2n) is 9.25. The van der Waals surface area contributed by atoms with Crippen LogP contribution in [0.1, 0.15) is 48.8 Å². The van der Waals surface area contributed by atoms with Crippen LogP contribution >= 0.6 is 0 Å². The van der Waals surface area contributed by atoms with Crippen molar-refractivity contribution in [3.63, 3.8) is 0 Å². The van der Waals surface area contributed by atoms with Gasteiger partial charge in [0.1, 0.15) is 23.6 Å². The van der Waals surface area contributed by atoms with E-state index in [1.54, 1.807) is 14.2 Å². The van der Waals surface area contributed by atoms with Crippen LogP contribution in [0.3, 0.4) is 0 Å². The third kappa shape index (κ3) is 3.20. The summed E-state index contributed by atoms with van der Waals surface area (Å²) in [6, 6.07) is 13.8. The van der Waals surface area contributed by atoms with Gasteiger partial charge in [0, 0.05) is 12.5 Å². The lowest BCUT2D eigenvalue weighted by atomic mass is 9.60. The monoisotopic (exact) mass is 435 g/mol. The summed E-state index contributed by atoms with van der Waals surface area (Å²) in [5.41, 5.74) is 1.84. The minimum absolute atomic E-state index is 0.00980. The maximum Gasteiger partial charge on any atom is 0.228 e. The molecule has 1 amide bonds. The van der Waals surface area contributed by atoms with Crippen molar-refractivity contribution in [3.8, 4) is 11.5 Å². The van der Waals surface area contributed by atoms with Crippen LogP contribution in [0.5, 0.6) is 11.5 Å². The number of benzene rings is 2. The number of amides is 1. The second kappa shape index (κ2) is 7.93. The molecule has 2 aromatic carbocycles. The summed E-state index contributed by atoms with van der Waals surface area (Å²) in [4.78, 5) is 25.8. The van der Waals surface area contributed by atoms with Crippen LogP contribution < -0.4 is 14.8 Å². The number of hydrogen-bond acceptors (Lipinski definition) is 5. The van der Waals surface area contributed by atoms with Gasteiger partial charge in [-0.15, -0.1) is 0 Å². The van der Waals surface area contributed by atoms with Gasteiger partial charge in [-0.2, -0.15) is 0 Å². The average Bonchev–Trinajstić information content (AvgIpc) is 3.27. The Balaban J connectivity index is 1.45. The molecule has 3 aliphatic rings. The minimum atomic E-state index is -0.947. The zero-order chi connectivity index (χ0) is 22.3. The number of ketones is 1. The Bertz CT molecular complexity index is 1040. The average molecular weight is 436 g/mol. The number of ether oxygens (including phenoxy) is 3. The van der Waals surface area contributed by atoms with Crippen LogP contribution in [0.2, 0.25) is 0 Å². The molecule has 1 saturated heterocycles. The lowest BCUT2D eigenvalue weighted by Crippen LogP contribution is -2.56. The number of methoxy groups -OCH3 is 2. The normalized spacial score (nSPS) is 28.8. The first-order chi connectivity index (χ1) is 15.5. The maximum atomic E-state index is 13.4. The van der Waals surface area contributed by atoms with Crippen LogP contribution in [0.15, 0.2) is 42.5 Å². The van der Waals surface area contributed by atoms with Gasteiger partial charge in [-0.25, -0.2) is 0 Å². The lowest BCUT2D eigenvalue weighted by molar-refractivity contribution is -0.129. The topological polar surface area (TPSA) is 73.9 Å². The van der Waals surface area contributed by atoms with Crippen molar-refractivity contribution in [3.05, 3.63) is 59.2 Å². The zero-order valence-electron chi connectivity index (χ0n) is 18.6. The van der Waals surface area contributed by atoms with Crippen molar-refractivity contribution in [1.29, 1.82) is 0 Å². The summed E-state index contributed by atoms with van der Waals surface area (Å²) in [6.45, 7) is 0.413. The number of fused-ring (bicyclic) bond motifs is 3. The summed E-state index contributed by atoms with van der Waals surface area (Å²) in [7, 11) is 3.39. The molecule has 2 aliphatic carbocycles. The number of rotatable bonds is 5. The first-order valence-corrected chi connectivity index (χ1v) is 11.3. The fourth-order valence-corrected chi connectivity index (χ4v) is 6.00. The quantitative estimate of drug-likeness (QED) is 0.725. The molecular formula is C26H29NO5. The number of Topliss-reactive ketones (excluding diaryl/α,β-unsaturated/α-hetero) is 1. The van der Waals surface area contributed by atoms with E-state index in [4.69, 9.17) is 14.2 Å². The highest BCUT2D eigenvalue weighted by molar-refractivity contribution is 6.11. The standard InChI is InChI=1S/C26H29NO5/c1-30-19-6-3-17(4-7-19)16-32-21-8-5-18-15-25(11-9-20(31-2)10-12-25)26(22(18)13-21)23(28)14-24(29)27-26/h3-8,13,20H,9-12,14-16H2,1-2H3,(H,27,29). The molecule has 2 fully saturated rings. The predicted molar refractivity (Wildman–Crippen MR) is 119 cm³/mol.